The number of methoxy groups -OCH3 is 1. The monoisotopic (exact) mass is 246 g/mol. The number of aromatic nitrogens is 2. The van der Waals surface area contributed by atoms with Crippen LogP contribution in [0.5, 0.6) is 5.75 Å². The van der Waals surface area contributed by atoms with Gasteiger partial charge in [-0.15, -0.1) is 0 Å². The Kier molecular flexibility index (Phi) is 3.65. The van der Waals surface area contributed by atoms with E-state index in [1.165, 1.54) is 5.56 Å². The Hall–Kier alpha value is -1.84. The molecule has 0 amide bonds. The highest BCUT2D eigenvalue weighted by Gasteiger charge is 2.17. The van der Waals surface area contributed by atoms with Crippen LogP contribution in [0.2, 0.25) is 0 Å². The van der Waals surface area contributed by atoms with Crippen LogP contribution >= 0.6 is 0 Å². The lowest BCUT2D eigenvalue weighted by molar-refractivity contribution is 0.392. The first-order valence-corrected chi connectivity index (χ1v) is 6.15. The van der Waals surface area contributed by atoms with E-state index in [1.807, 2.05) is 12.1 Å². The molecule has 1 unspecified atom stereocenters. The minimum absolute atomic E-state index is 0.438. The molecular formula is C14H18N2O2. The molecule has 96 valence electrons. The van der Waals surface area contributed by atoms with Crippen molar-refractivity contribution in [1.29, 1.82) is 0 Å². The van der Waals surface area contributed by atoms with Gasteiger partial charge in [-0.3, -0.25) is 0 Å². The Morgan fingerprint density at radius 1 is 1.39 bits per heavy atom. The SMILES string of the molecule is CCC(C)c1cccc(-c2noc(C)n2)c1OC. The average molecular weight is 246 g/mol. The van der Waals surface area contributed by atoms with Crippen molar-refractivity contribution in [2.24, 2.45) is 0 Å². The van der Waals surface area contributed by atoms with Gasteiger partial charge in [-0.2, -0.15) is 4.98 Å². The van der Waals surface area contributed by atoms with E-state index in [4.69, 9.17) is 9.26 Å². The van der Waals surface area contributed by atoms with E-state index in [0.717, 1.165) is 17.7 Å². The molecule has 1 aromatic carbocycles. The summed E-state index contributed by atoms with van der Waals surface area (Å²) < 4.78 is 10.6. The molecule has 0 N–H and O–H groups in total. The van der Waals surface area contributed by atoms with Gasteiger partial charge in [0.25, 0.3) is 0 Å². The Morgan fingerprint density at radius 2 is 2.17 bits per heavy atom. The van der Waals surface area contributed by atoms with Gasteiger partial charge in [0.05, 0.1) is 12.7 Å². The van der Waals surface area contributed by atoms with Gasteiger partial charge in [-0.05, 0) is 24.0 Å². The maximum atomic E-state index is 5.54. The van der Waals surface area contributed by atoms with Crippen molar-refractivity contribution in [3.05, 3.63) is 29.7 Å². The van der Waals surface area contributed by atoms with E-state index in [0.29, 0.717) is 17.6 Å². The molecule has 0 saturated heterocycles. The summed E-state index contributed by atoms with van der Waals surface area (Å²) >= 11 is 0. The molecule has 0 fully saturated rings. The third-order valence-corrected chi connectivity index (χ3v) is 3.16. The minimum atomic E-state index is 0.438. The van der Waals surface area contributed by atoms with Crippen molar-refractivity contribution in [1.82, 2.24) is 10.1 Å². The second-order valence-electron chi connectivity index (χ2n) is 4.37. The topological polar surface area (TPSA) is 48.2 Å². The summed E-state index contributed by atoms with van der Waals surface area (Å²) in [6.07, 6.45) is 1.06. The van der Waals surface area contributed by atoms with E-state index in [-0.39, 0.29) is 0 Å². The van der Waals surface area contributed by atoms with Gasteiger partial charge in [0.15, 0.2) is 0 Å². The number of rotatable bonds is 4. The fourth-order valence-electron chi connectivity index (χ4n) is 1.98. The Bertz CT molecular complexity index is 534. The number of para-hydroxylation sites is 1. The lowest BCUT2D eigenvalue weighted by Crippen LogP contribution is -1.99. The second-order valence-corrected chi connectivity index (χ2v) is 4.37. The summed E-state index contributed by atoms with van der Waals surface area (Å²) in [6.45, 7) is 6.12. The molecule has 4 heteroatoms. The Labute approximate surface area is 107 Å². The van der Waals surface area contributed by atoms with Gasteiger partial charge in [-0.1, -0.05) is 31.1 Å². The van der Waals surface area contributed by atoms with Crippen molar-refractivity contribution in [2.75, 3.05) is 7.11 Å². The summed E-state index contributed by atoms with van der Waals surface area (Å²) in [6, 6.07) is 6.05. The molecule has 4 nitrogen and oxygen atoms in total. The fourth-order valence-corrected chi connectivity index (χ4v) is 1.98. The molecule has 1 aromatic heterocycles. The van der Waals surface area contributed by atoms with Crippen LogP contribution in [-0.2, 0) is 0 Å². The minimum Gasteiger partial charge on any atom is -0.496 e. The van der Waals surface area contributed by atoms with E-state index in [9.17, 15) is 0 Å². The van der Waals surface area contributed by atoms with Crippen LogP contribution in [0, 0.1) is 6.92 Å². The molecule has 0 bridgehead atoms. The number of nitrogens with zero attached hydrogens (tertiary/aromatic N) is 2. The second kappa shape index (κ2) is 5.21. The van der Waals surface area contributed by atoms with Crippen LogP contribution in [0.25, 0.3) is 11.4 Å². The number of hydrogen-bond acceptors (Lipinski definition) is 4. The number of hydrogen-bond donors (Lipinski definition) is 0. The van der Waals surface area contributed by atoms with Crippen LogP contribution in [0.15, 0.2) is 22.7 Å². The third-order valence-electron chi connectivity index (χ3n) is 3.16. The van der Waals surface area contributed by atoms with E-state index >= 15 is 0 Å². The van der Waals surface area contributed by atoms with Crippen molar-refractivity contribution in [3.8, 4) is 17.1 Å². The summed E-state index contributed by atoms with van der Waals surface area (Å²) in [5, 5.41) is 3.95. The third kappa shape index (κ3) is 2.23. The molecule has 0 aliphatic rings. The van der Waals surface area contributed by atoms with Crippen molar-refractivity contribution < 1.29 is 9.26 Å². The van der Waals surface area contributed by atoms with Gasteiger partial charge in [0.2, 0.25) is 11.7 Å². The summed E-state index contributed by atoms with van der Waals surface area (Å²) in [5.74, 6) is 2.41. The van der Waals surface area contributed by atoms with E-state index in [2.05, 4.69) is 30.1 Å². The van der Waals surface area contributed by atoms with E-state index in [1.54, 1.807) is 14.0 Å². The normalized spacial score (nSPS) is 12.4. The van der Waals surface area contributed by atoms with Gasteiger partial charge in [-0.25, -0.2) is 0 Å². The number of ether oxygens (including phenoxy) is 1. The summed E-state index contributed by atoms with van der Waals surface area (Å²) in [5.41, 5.74) is 2.06. The highest BCUT2D eigenvalue weighted by molar-refractivity contribution is 5.66. The molecule has 2 rings (SSSR count). The zero-order valence-electron chi connectivity index (χ0n) is 11.2. The Balaban J connectivity index is 2.54. The zero-order valence-corrected chi connectivity index (χ0v) is 11.2. The smallest absolute Gasteiger partial charge is 0.223 e. The molecule has 18 heavy (non-hydrogen) atoms. The maximum absolute atomic E-state index is 5.54. The lowest BCUT2D eigenvalue weighted by Gasteiger charge is -2.15. The standard InChI is InChI=1S/C14H18N2O2/c1-5-9(2)11-7-6-8-12(13(11)17-4)14-15-10(3)18-16-14/h6-9H,5H2,1-4H3. The molecule has 1 heterocycles. The quantitative estimate of drug-likeness (QED) is 0.827. The van der Waals surface area contributed by atoms with Crippen molar-refractivity contribution >= 4 is 0 Å². The molecule has 0 radical (unpaired) electrons. The predicted molar refractivity (Wildman–Crippen MR) is 69.7 cm³/mol. The first-order chi connectivity index (χ1) is 8.67. The fraction of sp³-hybridized carbons (Fsp3) is 0.429. The molecular weight excluding hydrogens is 228 g/mol. The first kappa shape index (κ1) is 12.6. The van der Waals surface area contributed by atoms with Gasteiger partial charge in [0, 0.05) is 6.92 Å². The highest BCUT2D eigenvalue weighted by Crippen LogP contribution is 2.36. The molecule has 0 aliphatic heterocycles. The van der Waals surface area contributed by atoms with E-state index < -0.39 is 0 Å². The Morgan fingerprint density at radius 3 is 2.72 bits per heavy atom. The van der Waals surface area contributed by atoms with Gasteiger partial charge >= 0.3 is 0 Å². The van der Waals surface area contributed by atoms with Crippen LogP contribution < -0.4 is 4.74 Å². The zero-order chi connectivity index (χ0) is 13.1. The number of aryl methyl sites for hydroxylation is 1. The van der Waals surface area contributed by atoms with Crippen LogP contribution in [0.1, 0.15) is 37.6 Å². The van der Waals surface area contributed by atoms with Gasteiger partial charge in [0.1, 0.15) is 5.75 Å². The predicted octanol–water partition coefficient (Wildman–Crippen LogP) is 3.57. The molecule has 2 aromatic rings. The molecule has 0 spiro atoms. The van der Waals surface area contributed by atoms with Crippen LogP contribution in [0.3, 0.4) is 0 Å². The van der Waals surface area contributed by atoms with Gasteiger partial charge < -0.3 is 9.26 Å². The van der Waals surface area contributed by atoms with Crippen LogP contribution in [0.4, 0.5) is 0 Å². The maximum Gasteiger partial charge on any atom is 0.223 e. The molecule has 0 saturated carbocycles. The highest BCUT2D eigenvalue weighted by atomic mass is 16.5. The number of benzene rings is 1. The lowest BCUT2D eigenvalue weighted by atomic mass is 9.95. The molecule has 1 atom stereocenters. The summed E-state index contributed by atoms with van der Waals surface area (Å²) in [7, 11) is 1.68. The largest absolute Gasteiger partial charge is 0.496 e. The first-order valence-electron chi connectivity index (χ1n) is 6.15. The van der Waals surface area contributed by atoms with Crippen molar-refractivity contribution in [2.45, 2.75) is 33.1 Å². The molecule has 0 aliphatic carbocycles. The summed E-state index contributed by atoms with van der Waals surface area (Å²) in [4.78, 5) is 4.26. The van der Waals surface area contributed by atoms with Crippen LogP contribution in [-0.4, -0.2) is 17.3 Å². The van der Waals surface area contributed by atoms with Crippen molar-refractivity contribution in [3.63, 3.8) is 0 Å². The average Bonchev–Trinajstić information content (AvgIpc) is 2.83.